The van der Waals surface area contributed by atoms with E-state index < -0.39 is 11.5 Å². The maximum atomic E-state index is 12.3. The van der Waals surface area contributed by atoms with Crippen LogP contribution < -0.4 is 10.3 Å². The molecule has 0 unspecified atom stereocenters. The van der Waals surface area contributed by atoms with E-state index in [2.05, 4.69) is 5.10 Å². The molecule has 0 atom stereocenters. The number of carboxylic acid groups (broad SMARTS) is 1. The number of methoxy groups -OCH3 is 1. The molecule has 106 valence electrons. The molecule has 0 amide bonds. The van der Waals surface area contributed by atoms with Gasteiger partial charge in [0.15, 0.2) is 5.69 Å². The highest BCUT2D eigenvalue weighted by molar-refractivity contribution is 5.87. The maximum Gasteiger partial charge on any atom is 0.356 e. The van der Waals surface area contributed by atoms with Crippen molar-refractivity contribution in [2.45, 2.75) is 6.92 Å². The van der Waals surface area contributed by atoms with Crippen LogP contribution in [-0.4, -0.2) is 28.0 Å². The fraction of sp³-hybridized carbons (Fsp3) is 0.143. The minimum Gasteiger partial charge on any atom is -0.494 e. The molecule has 7 nitrogen and oxygen atoms in total. The van der Waals surface area contributed by atoms with Gasteiger partial charge in [0.2, 0.25) is 0 Å². The van der Waals surface area contributed by atoms with Gasteiger partial charge in [-0.05, 0) is 19.1 Å². The third-order valence-electron chi connectivity index (χ3n) is 2.96. The fourth-order valence-electron chi connectivity index (χ4n) is 1.91. The van der Waals surface area contributed by atoms with Crippen LogP contribution in [0.5, 0.6) is 5.75 Å². The summed E-state index contributed by atoms with van der Waals surface area (Å²) in [6.07, 6.45) is 0. The lowest BCUT2D eigenvalue weighted by molar-refractivity contribution is 0.0687. The second-order valence-electron chi connectivity index (χ2n) is 4.15. The Kier molecular flexibility index (Phi) is 3.71. The highest BCUT2D eigenvalue weighted by Gasteiger charge is 2.20. The molecule has 0 aliphatic heterocycles. The molecule has 2 rings (SSSR count). The second-order valence-corrected chi connectivity index (χ2v) is 4.15. The summed E-state index contributed by atoms with van der Waals surface area (Å²) in [4.78, 5) is 23.5. The van der Waals surface area contributed by atoms with Crippen molar-refractivity contribution in [3.63, 3.8) is 0 Å². The Morgan fingerprint density at radius 3 is 2.67 bits per heavy atom. The highest BCUT2D eigenvalue weighted by Crippen LogP contribution is 2.20. The Balaban J connectivity index is 2.88. The molecule has 1 N–H and O–H groups in total. The van der Waals surface area contributed by atoms with E-state index in [1.54, 1.807) is 30.3 Å². The molecule has 0 fully saturated rings. The van der Waals surface area contributed by atoms with Crippen LogP contribution >= 0.6 is 0 Å². The summed E-state index contributed by atoms with van der Waals surface area (Å²) >= 11 is 0. The molecule has 0 radical (unpaired) electrons. The average molecular weight is 285 g/mol. The first-order chi connectivity index (χ1) is 10.0. The average Bonchev–Trinajstić information content (AvgIpc) is 2.47. The molecule has 1 aromatic heterocycles. The Bertz CT molecular complexity index is 818. The number of benzene rings is 1. The number of rotatable bonds is 3. The zero-order valence-corrected chi connectivity index (χ0v) is 11.3. The van der Waals surface area contributed by atoms with Crippen LogP contribution in [0.3, 0.4) is 0 Å². The van der Waals surface area contributed by atoms with Gasteiger partial charge in [0.1, 0.15) is 23.1 Å². The number of nitrogens with zero attached hydrogens (tertiary/aromatic N) is 3. The van der Waals surface area contributed by atoms with Crippen LogP contribution in [0.1, 0.15) is 21.6 Å². The molecule has 1 heterocycles. The summed E-state index contributed by atoms with van der Waals surface area (Å²) in [6.45, 7) is 1.38. The van der Waals surface area contributed by atoms with E-state index in [9.17, 15) is 9.59 Å². The van der Waals surface area contributed by atoms with E-state index in [-0.39, 0.29) is 22.5 Å². The SMILES string of the molecule is COc1ccccc1-n1nc(C(=O)O)c(C)c(C#N)c1=O. The van der Waals surface area contributed by atoms with Crippen LogP contribution in [0.2, 0.25) is 0 Å². The topological polar surface area (TPSA) is 105 Å². The lowest BCUT2D eigenvalue weighted by Crippen LogP contribution is -2.28. The quantitative estimate of drug-likeness (QED) is 0.905. The molecular formula is C14H11N3O4. The summed E-state index contributed by atoms with van der Waals surface area (Å²) in [5.41, 5.74) is -0.986. The molecule has 0 bridgehead atoms. The van der Waals surface area contributed by atoms with Crippen molar-refractivity contribution in [2.75, 3.05) is 7.11 Å². The van der Waals surface area contributed by atoms with E-state index in [4.69, 9.17) is 15.1 Å². The number of aromatic nitrogens is 2. The zero-order chi connectivity index (χ0) is 15.6. The molecule has 21 heavy (non-hydrogen) atoms. The van der Waals surface area contributed by atoms with Crippen LogP contribution in [-0.2, 0) is 0 Å². The molecule has 1 aromatic carbocycles. The molecule has 0 spiro atoms. The van der Waals surface area contributed by atoms with Gasteiger partial charge in [0.05, 0.1) is 7.11 Å². The van der Waals surface area contributed by atoms with Crippen LogP contribution in [0, 0.1) is 18.3 Å². The van der Waals surface area contributed by atoms with Crippen molar-refractivity contribution >= 4 is 5.97 Å². The fourth-order valence-corrected chi connectivity index (χ4v) is 1.91. The molecule has 0 saturated heterocycles. The summed E-state index contributed by atoms with van der Waals surface area (Å²) < 4.78 is 6.00. The predicted molar refractivity (Wildman–Crippen MR) is 72.8 cm³/mol. The molecule has 2 aromatic rings. The van der Waals surface area contributed by atoms with E-state index in [1.165, 1.54) is 14.0 Å². The lowest BCUT2D eigenvalue weighted by Gasteiger charge is -2.12. The third kappa shape index (κ3) is 2.34. The number of nitriles is 1. The Morgan fingerprint density at radius 1 is 1.43 bits per heavy atom. The van der Waals surface area contributed by atoms with Crippen molar-refractivity contribution in [3.05, 3.63) is 51.4 Å². The van der Waals surface area contributed by atoms with E-state index >= 15 is 0 Å². The van der Waals surface area contributed by atoms with Gasteiger partial charge in [0, 0.05) is 5.56 Å². The number of aromatic carboxylic acids is 1. The Hall–Kier alpha value is -3.14. The highest BCUT2D eigenvalue weighted by atomic mass is 16.5. The van der Waals surface area contributed by atoms with Crippen molar-refractivity contribution in [3.8, 4) is 17.5 Å². The standard InChI is InChI=1S/C14H11N3O4/c1-8-9(7-15)13(18)17(16-12(8)14(19)20)10-5-3-4-6-11(10)21-2/h3-6H,1-2H3,(H,19,20). The summed E-state index contributed by atoms with van der Waals surface area (Å²) in [6, 6.07) is 8.24. The van der Waals surface area contributed by atoms with Crippen molar-refractivity contribution < 1.29 is 14.6 Å². The summed E-state index contributed by atoms with van der Waals surface area (Å²) in [5, 5.41) is 22.1. The molecule has 0 aliphatic carbocycles. The van der Waals surface area contributed by atoms with Gasteiger partial charge < -0.3 is 9.84 Å². The largest absolute Gasteiger partial charge is 0.494 e. The first-order valence-corrected chi connectivity index (χ1v) is 5.92. The van der Waals surface area contributed by atoms with Crippen LogP contribution in [0.4, 0.5) is 0 Å². The van der Waals surface area contributed by atoms with E-state index in [1.807, 2.05) is 0 Å². The minimum absolute atomic E-state index is 0.0427. The number of carbonyl (C=O) groups is 1. The van der Waals surface area contributed by atoms with E-state index in [0.717, 1.165) is 4.68 Å². The van der Waals surface area contributed by atoms with E-state index in [0.29, 0.717) is 5.75 Å². The molecular weight excluding hydrogens is 274 g/mol. The zero-order valence-electron chi connectivity index (χ0n) is 11.3. The second kappa shape index (κ2) is 5.46. The number of hydrogen-bond donors (Lipinski definition) is 1. The van der Waals surface area contributed by atoms with Gasteiger partial charge in [-0.1, -0.05) is 12.1 Å². The van der Waals surface area contributed by atoms with Crippen molar-refractivity contribution in [1.29, 1.82) is 5.26 Å². The third-order valence-corrected chi connectivity index (χ3v) is 2.96. The number of carboxylic acids is 1. The van der Waals surface area contributed by atoms with Gasteiger partial charge in [0.25, 0.3) is 5.56 Å². The van der Waals surface area contributed by atoms with Gasteiger partial charge >= 0.3 is 5.97 Å². The summed E-state index contributed by atoms with van der Waals surface area (Å²) in [7, 11) is 1.42. The normalized spacial score (nSPS) is 9.95. The lowest BCUT2D eigenvalue weighted by atomic mass is 10.1. The molecule has 0 saturated carbocycles. The predicted octanol–water partition coefficient (Wildman–Crippen LogP) is 1.12. The van der Waals surface area contributed by atoms with Crippen molar-refractivity contribution in [1.82, 2.24) is 9.78 Å². The van der Waals surface area contributed by atoms with Gasteiger partial charge in [-0.25, -0.2) is 4.79 Å². The van der Waals surface area contributed by atoms with Crippen molar-refractivity contribution in [2.24, 2.45) is 0 Å². The molecule has 7 heteroatoms. The maximum absolute atomic E-state index is 12.3. The van der Waals surface area contributed by atoms with Crippen LogP contribution in [0.15, 0.2) is 29.1 Å². The van der Waals surface area contributed by atoms with Gasteiger partial charge in [-0.2, -0.15) is 15.0 Å². The minimum atomic E-state index is -1.31. The smallest absolute Gasteiger partial charge is 0.356 e. The van der Waals surface area contributed by atoms with Gasteiger partial charge in [-0.3, -0.25) is 4.79 Å². The van der Waals surface area contributed by atoms with Gasteiger partial charge in [-0.15, -0.1) is 0 Å². The number of hydrogen-bond acceptors (Lipinski definition) is 5. The number of para-hydroxylation sites is 2. The number of ether oxygens (including phenoxy) is 1. The summed E-state index contributed by atoms with van der Waals surface area (Å²) in [5.74, 6) is -0.969. The monoisotopic (exact) mass is 285 g/mol. The first kappa shape index (κ1) is 14.3. The Morgan fingerprint density at radius 2 is 2.10 bits per heavy atom. The molecule has 0 aliphatic rings. The Labute approximate surface area is 119 Å². The van der Waals surface area contributed by atoms with Crippen LogP contribution in [0.25, 0.3) is 5.69 Å². The first-order valence-electron chi connectivity index (χ1n) is 5.92.